The van der Waals surface area contributed by atoms with Crippen molar-refractivity contribution in [3.63, 3.8) is 0 Å². The largest absolute Gasteiger partial charge is 0.268 e. The van der Waals surface area contributed by atoms with Crippen LogP contribution in [0.4, 0.5) is 5.69 Å². The van der Waals surface area contributed by atoms with Gasteiger partial charge in [0, 0.05) is 22.6 Å². The Labute approximate surface area is 114 Å². The summed E-state index contributed by atoms with van der Waals surface area (Å²) in [5, 5.41) is 0.934. The number of hydrogen-bond donors (Lipinski definition) is 0. The highest BCUT2D eigenvalue weighted by molar-refractivity contribution is 9.10. The summed E-state index contributed by atoms with van der Waals surface area (Å²) in [7, 11) is -3.16. The van der Waals surface area contributed by atoms with Gasteiger partial charge < -0.3 is 0 Å². The molecule has 0 N–H and O–H groups in total. The van der Waals surface area contributed by atoms with Gasteiger partial charge in [-0.1, -0.05) is 12.1 Å². The minimum atomic E-state index is -3.16. The molecule has 0 aliphatic carbocycles. The van der Waals surface area contributed by atoms with E-state index in [2.05, 4.69) is 20.9 Å². The third kappa shape index (κ3) is 1.89. The molecule has 4 nitrogen and oxygen atoms in total. The molecule has 0 amide bonds. The monoisotopic (exact) mass is 326 g/mol. The summed E-state index contributed by atoms with van der Waals surface area (Å²) in [5.74, 6) is 0.222. The number of halogens is 1. The van der Waals surface area contributed by atoms with Gasteiger partial charge >= 0.3 is 0 Å². The first-order valence-corrected chi connectivity index (χ1v) is 8.03. The van der Waals surface area contributed by atoms with Crippen molar-refractivity contribution in [2.45, 2.75) is 6.42 Å². The van der Waals surface area contributed by atoms with Crippen LogP contribution in [0.15, 0.2) is 34.9 Å². The van der Waals surface area contributed by atoms with Gasteiger partial charge in [0.1, 0.15) is 0 Å². The summed E-state index contributed by atoms with van der Waals surface area (Å²) in [5.41, 5.74) is 1.41. The molecule has 1 aromatic carbocycles. The van der Waals surface area contributed by atoms with Gasteiger partial charge in [-0.05, 0) is 34.5 Å². The topological polar surface area (TPSA) is 50.3 Å². The number of anilines is 1. The molecule has 0 atom stereocenters. The number of sulfonamides is 1. The number of aromatic nitrogens is 1. The molecular weight excluding hydrogens is 316 g/mol. The Balaban J connectivity index is 2.24. The maximum Gasteiger partial charge on any atom is 0.235 e. The van der Waals surface area contributed by atoms with Gasteiger partial charge in [0.05, 0.1) is 17.0 Å². The van der Waals surface area contributed by atoms with E-state index in [1.54, 1.807) is 6.20 Å². The molecule has 2 aromatic rings. The minimum Gasteiger partial charge on any atom is -0.268 e. The van der Waals surface area contributed by atoms with Gasteiger partial charge in [0.2, 0.25) is 10.0 Å². The Hall–Kier alpha value is -1.14. The molecule has 0 unspecified atom stereocenters. The van der Waals surface area contributed by atoms with E-state index in [0.717, 1.165) is 15.4 Å². The maximum absolute atomic E-state index is 12.0. The predicted octanol–water partition coefficient (Wildman–Crippen LogP) is 2.54. The van der Waals surface area contributed by atoms with Crippen molar-refractivity contribution < 1.29 is 8.42 Å². The van der Waals surface area contributed by atoms with Crippen LogP contribution in [0.3, 0.4) is 0 Å². The number of nitrogens with zero attached hydrogens (tertiary/aromatic N) is 2. The number of benzene rings is 1. The van der Waals surface area contributed by atoms with E-state index in [0.29, 0.717) is 18.7 Å². The molecule has 18 heavy (non-hydrogen) atoms. The van der Waals surface area contributed by atoms with E-state index >= 15 is 0 Å². The van der Waals surface area contributed by atoms with Crippen molar-refractivity contribution in [2.75, 3.05) is 16.6 Å². The summed E-state index contributed by atoms with van der Waals surface area (Å²) in [6.45, 7) is 0.541. The highest BCUT2D eigenvalue weighted by Crippen LogP contribution is 2.31. The standard InChI is InChI=1S/C12H11BrN2O2S/c13-10-7-9-3-1-4-11(12(9)14-8-10)15-5-2-6-18(15,16)17/h1,3-4,7-8H,2,5-6H2. The lowest BCUT2D eigenvalue weighted by Gasteiger charge is -2.18. The average molecular weight is 327 g/mol. The average Bonchev–Trinajstić information content (AvgIpc) is 2.67. The number of rotatable bonds is 1. The van der Waals surface area contributed by atoms with Gasteiger partial charge in [0.15, 0.2) is 0 Å². The third-order valence-electron chi connectivity index (χ3n) is 3.02. The van der Waals surface area contributed by atoms with E-state index in [4.69, 9.17) is 0 Å². The van der Waals surface area contributed by atoms with E-state index in [9.17, 15) is 8.42 Å². The molecule has 1 aromatic heterocycles. The van der Waals surface area contributed by atoms with Crippen molar-refractivity contribution in [3.05, 3.63) is 34.9 Å². The normalized spacial score (nSPS) is 18.4. The van der Waals surface area contributed by atoms with Crippen LogP contribution in [0.2, 0.25) is 0 Å². The van der Waals surface area contributed by atoms with E-state index in [1.165, 1.54) is 4.31 Å². The van der Waals surface area contributed by atoms with Crippen molar-refractivity contribution in [2.24, 2.45) is 0 Å². The van der Waals surface area contributed by atoms with Crippen LogP contribution < -0.4 is 4.31 Å². The molecule has 0 saturated carbocycles. The molecule has 1 aliphatic rings. The van der Waals surface area contributed by atoms with Crippen molar-refractivity contribution in [1.82, 2.24) is 4.98 Å². The Morgan fingerprint density at radius 3 is 2.89 bits per heavy atom. The lowest BCUT2D eigenvalue weighted by molar-refractivity contribution is 0.599. The molecule has 6 heteroatoms. The Morgan fingerprint density at radius 1 is 1.33 bits per heavy atom. The summed E-state index contributed by atoms with van der Waals surface area (Å²) < 4.78 is 26.3. The smallest absolute Gasteiger partial charge is 0.235 e. The third-order valence-corrected chi connectivity index (χ3v) is 5.31. The van der Waals surface area contributed by atoms with Crippen molar-refractivity contribution >= 4 is 42.5 Å². The molecule has 1 fully saturated rings. The van der Waals surface area contributed by atoms with Crippen LogP contribution in [-0.4, -0.2) is 25.7 Å². The van der Waals surface area contributed by atoms with Gasteiger partial charge in [-0.25, -0.2) is 8.42 Å². The zero-order chi connectivity index (χ0) is 12.8. The molecule has 1 saturated heterocycles. The quantitative estimate of drug-likeness (QED) is 0.809. The second kappa shape index (κ2) is 4.20. The van der Waals surface area contributed by atoms with Gasteiger partial charge in [-0.3, -0.25) is 9.29 Å². The van der Waals surface area contributed by atoms with E-state index < -0.39 is 10.0 Å². The lowest BCUT2D eigenvalue weighted by Crippen LogP contribution is -2.25. The summed E-state index contributed by atoms with van der Waals surface area (Å²) in [4.78, 5) is 4.34. The maximum atomic E-state index is 12.0. The lowest BCUT2D eigenvalue weighted by atomic mass is 10.2. The first kappa shape index (κ1) is 11.9. The zero-order valence-corrected chi connectivity index (χ0v) is 11.9. The van der Waals surface area contributed by atoms with Gasteiger partial charge in [0.25, 0.3) is 0 Å². The molecule has 3 rings (SSSR count). The Kier molecular flexibility index (Phi) is 2.79. The molecular formula is C12H11BrN2O2S. The molecule has 0 bridgehead atoms. The predicted molar refractivity (Wildman–Crippen MR) is 75.2 cm³/mol. The molecule has 2 heterocycles. The van der Waals surface area contributed by atoms with Crippen LogP contribution in [0.5, 0.6) is 0 Å². The van der Waals surface area contributed by atoms with Crippen LogP contribution in [0.1, 0.15) is 6.42 Å². The van der Waals surface area contributed by atoms with Crippen LogP contribution in [0, 0.1) is 0 Å². The number of hydrogen-bond acceptors (Lipinski definition) is 3. The summed E-state index contributed by atoms with van der Waals surface area (Å²) in [6, 6.07) is 7.54. The molecule has 94 valence electrons. The Bertz CT molecular complexity index is 715. The van der Waals surface area contributed by atoms with Crippen LogP contribution >= 0.6 is 15.9 Å². The highest BCUT2D eigenvalue weighted by atomic mass is 79.9. The number of fused-ring (bicyclic) bond motifs is 1. The van der Waals surface area contributed by atoms with Crippen LogP contribution in [0.25, 0.3) is 10.9 Å². The molecule has 1 aliphatic heterocycles. The van der Waals surface area contributed by atoms with Crippen LogP contribution in [-0.2, 0) is 10.0 Å². The SMILES string of the molecule is O=S1(=O)CCCN1c1cccc2cc(Br)cnc12. The second-order valence-electron chi connectivity index (χ2n) is 4.24. The Morgan fingerprint density at radius 2 is 2.17 bits per heavy atom. The number of pyridine rings is 1. The van der Waals surface area contributed by atoms with Gasteiger partial charge in [-0.15, -0.1) is 0 Å². The first-order chi connectivity index (χ1) is 8.58. The van der Waals surface area contributed by atoms with Crippen molar-refractivity contribution in [1.29, 1.82) is 0 Å². The number of para-hydroxylation sites is 1. The molecule has 0 spiro atoms. The van der Waals surface area contributed by atoms with E-state index in [-0.39, 0.29) is 5.75 Å². The summed E-state index contributed by atoms with van der Waals surface area (Å²) >= 11 is 3.37. The fourth-order valence-corrected chi connectivity index (χ4v) is 4.15. The first-order valence-electron chi connectivity index (χ1n) is 5.63. The highest BCUT2D eigenvalue weighted by Gasteiger charge is 2.29. The fraction of sp³-hybridized carbons (Fsp3) is 0.250. The fourth-order valence-electron chi connectivity index (χ4n) is 2.23. The minimum absolute atomic E-state index is 0.222. The van der Waals surface area contributed by atoms with Crippen molar-refractivity contribution in [3.8, 4) is 0 Å². The van der Waals surface area contributed by atoms with Gasteiger partial charge in [-0.2, -0.15) is 0 Å². The second-order valence-corrected chi connectivity index (χ2v) is 7.17. The van der Waals surface area contributed by atoms with E-state index in [1.807, 2.05) is 24.3 Å². The zero-order valence-electron chi connectivity index (χ0n) is 9.51. The summed E-state index contributed by atoms with van der Waals surface area (Å²) in [6.07, 6.45) is 2.36. The molecule has 0 radical (unpaired) electrons.